The molecule has 3 rings (SSSR count). The van der Waals surface area contributed by atoms with Gasteiger partial charge in [0, 0.05) is 38.7 Å². The Hall–Kier alpha value is -3.53. The molecular formula is C25H29N5O2. The Balaban J connectivity index is 1.68. The van der Waals surface area contributed by atoms with E-state index in [2.05, 4.69) is 47.8 Å². The van der Waals surface area contributed by atoms with Crippen LogP contribution in [0.25, 0.3) is 6.08 Å². The van der Waals surface area contributed by atoms with Crippen LogP contribution in [0.15, 0.2) is 42.6 Å². The molecule has 1 aromatic carbocycles. The number of nitriles is 1. The molecule has 1 aromatic heterocycles. The minimum Gasteiger partial charge on any atom is -0.352 e. The molecule has 0 spiro atoms. The molecular weight excluding hydrogens is 402 g/mol. The van der Waals surface area contributed by atoms with E-state index in [1.54, 1.807) is 6.20 Å². The number of anilines is 1. The lowest BCUT2D eigenvalue weighted by Crippen LogP contribution is -2.39. The van der Waals surface area contributed by atoms with Gasteiger partial charge >= 0.3 is 0 Å². The van der Waals surface area contributed by atoms with Gasteiger partial charge in [-0.05, 0) is 29.0 Å². The maximum Gasteiger partial charge on any atom is 0.234 e. The smallest absolute Gasteiger partial charge is 0.234 e. The highest BCUT2D eigenvalue weighted by molar-refractivity contribution is 5.97. The van der Waals surface area contributed by atoms with Crippen molar-refractivity contribution in [3.8, 4) is 6.07 Å². The third-order valence-electron chi connectivity index (χ3n) is 5.06. The first-order valence-corrected chi connectivity index (χ1v) is 10.8. The summed E-state index contributed by atoms with van der Waals surface area (Å²) in [4.78, 5) is 35.6. The van der Waals surface area contributed by atoms with Gasteiger partial charge < -0.3 is 4.90 Å². The van der Waals surface area contributed by atoms with Crippen molar-refractivity contribution in [1.29, 1.82) is 5.26 Å². The van der Waals surface area contributed by atoms with Gasteiger partial charge in [-0.2, -0.15) is 5.26 Å². The SMILES string of the molecule is CC(C)(C)CN(Cc1ccc(/C=C/CN2C(=O)CCCC2=O)cc1)c1ccnc(C#N)n1. The number of hydrogen-bond donors (Lipinski definition) is 0. The van der Waals surface area contributed by atoms with Gasteiger partial charge in [0.25, 0.3) is 0 Å². The van der Waals surface area contributed by atoms with E-state index in [4.69, 9.17) is 5.26 Å². The lowest BCUT2D eigenvalue weighted by atomic mass is 9.95. The van der Waals surface area contributed by atoms with Gasteiger partial charge in [-0.25, -0.2) is 9.97 Å². The first kappa shape index (κ1) is 23.1. The number of rotatable bonds is 7. The second-order valence-electron chi connectivity index (χ2n) is 9.16. The van der Waals surface area contributed by atoms with Gasteiger partial charge in [-0.3, -0.25) is 14.5 Å². The number of carbonyl (C=O) groups is 2. The van der Waals surface area contributed by atoms with Crippen molar-refractivity contribution in [2.45, 2.75) is 46.6 Å². The van der Waals surface area contributed by atoms with Gasteiger partial charge in [0.05, 0.1) is 0 Å². The fraction of sp³-hybridized carbons (Fsp3) is 0.400. The van der Waals surface area contributed by atoms with Crippen LogP contribution in [-0.2, 0) is 16.1 Å². The molecule has 2 aromatic rings. The molecule has 0 unspecified atom stereocenters. The van der Waals surface area contributed by atoms with Crippen LogP contribution in [0.2, 0.25) is 0 Å². The second-order valence-corrected chi connectivity index (χ2v) is 9.16. The predicted molar refractivity (Wildman–Crippen MR) is 123 cm³/mol. The van der Waals surface area contributed by atoms with Gasteiger partial charge in [0.2, 0.25) is 17.6 Å². The molecule has 1 fully saturated rings. The highest BCUT2D eigenvalue weighted by atomic mass is 16.2. The highest BCUT2D eigenvalue weighted by Gasteiger charge is 2.24. The Labute approximate surface area is 189 Å². The normalized spacial score (nSPS) is 14.6. The second kappa shape index (κ2) is 10.2. The Morgan fingerprint density at radius 3 is 2.44 bits per heavy atom. The summed E-state index contributed by atoms with van der Waals surface area (Å²) in [7, 11) is 0. The van der Waals surface area contributed by atoms with Crippen LogP contribution in [-0.4, -0.2) is 39.8 Å². The van der Waals surface area contributed by atoms with Crippen LogP contribution in [0, 0.1) is 16.7 Å². The van der Waals surface area contributed by atoms with Gasteiger partial charge in [0.1, 0.15) is 11.9 Å². The number of hydrogen-bond acceptors (Lipinski definition) is 6. The number of carbonyl (C=O) groups excluding carboxylic acids is 2. The van der Waals surface area contributed by atoms with Crippen LogP contribution in [0.3, 0.4) is 0 Å². The molecule has 0 atom stereocenters. The maximum atomic E-state index is 11.9. The Kier molecular flexibility index (Phi) is 7.37. The van der Waals surface area contributed by atoms with Crippen molar-refractivity contribution >= 4 is 23.7 Å². The number of likely N-dealkylation sites (tertiary alicyclic amines) is 1. The number of benzene rings is 1. The molecule has 166 valence electrons. The summed E-state index contributed by atoms with van der Waals surface area (Å²) in [5.74, 6) is 0.702. The molecule has 1 saturated heterocycles. The molecule has 32 heavy (non-hydrogen) atoms. The Bertz CT molecular complexity index is 1020. The van der Waals surface area contributed by atoms with Crippen molar-refractivity contribution in [2.75, 3.05) is 18.0 Å². The highest BCUT2D eigenvalue weighted by Crippen LogP contribution is 2.22. The van der Waals surface area contributed by atoms with E-state index < -0.39 is 0 Å². The lowest BCUT2D eigenvalue weighted by Gasteiger charge is -2.31. The van der Waals surface area contributed by atoms with Crippen molar-refractivity contribution in [1.82, 2.24) is 14.9 Å². The first-order chi connectivity index (χ1) is 15.2. The van der Waals surface area contributed by atoms with Crippen LogP contribution < -0.4 is 4.90 Å². The number of piperidine rings is 1. The van der Waals surface area contributed by atoms with Crippen molar-refractivity contribution < 1.29 is 9.59 Å². The maximum absolute atomic E-state index is 11.9. The van der Waals surface area contributed by atoms with E-state index in [9.17, 15) is 9.59 Å². The summed E-state index contributed by atoms with van der Waals surface area (Å²) in [5.41, 5.74) is 2.16. The first-order valence-electron chi connectivity index (χ1n) is 10.8. The zero-order chi connectivity index (χ0) is 23.1. The standard InChI is InChI=1S/C25H29N5O2/c1-25(2,3)18-29(22-13-14-27-21(16-26)28-22)17-20-11-9-19(10-12-20)6-5-15-30-23(31)7-4-8-24(30)32/h5-6,9-14H,4,7-8,15,17-18H2,1-3H3/b6-5+. The summed E-state index contributed by atoms with van der Waals surface area (Å²) >= 11 is 0. The van der Waals surface area contributed by atoms with Crippen LogP contribution in [0.4, 0.5) is 5.82 Å². The number of imide groups is 1. The third-order valence-corrected chi connectivity index (χ3v) is 5.06. The van der Waals surface area contributed by atoms with Crippen LogP contribution >= 0.6 is 0 Å². The third kappa shape index (κ3) is 6.48. The van der Waals surface area contributed by atoms with Crippen LogP contribution in [0.1, 0.15) is 57.0 Å². The van der Waals surface area contributed by atoms with E-state index in [1.165, 1.54) is 4.90 Å². The molecule has 7 nitrogen and oxygen atoms in total. The summed E-state index contributed by atoms with van der Waals surface area (Å²) in [6.07, 6.45) is 6.94. The zero-order valence-corrected chi connectivity index (χ0v) is 18.9. The van der Waals surface area contributed by atoms with E-state index in [-0.39, 0.29) is 23.1 Å². The Morgan fingerprint density at radius 2 is 1.81 bits per heavy atom. The van der Waals surface area contributed by atoms with E-state index in [1.807, 2.05) is 36.4 Å². The van der Waals surface area contributed by atoms with Crippen molar-refractivity contribution in [3.05, 3.63) is 59.6 Å². The molecule has 1 aliphatic rings. The molecule has 0 aliphatic carbocycles. The van der Waals surface area contributed by atoms with Gasteiger partial charge in [0.15, 0.2) is 0 Å². The summed E-state index contributed by atoms with van der Waals surface area (Å²) in [6, 6.07) is 12.0. The topological polar surface area (TPSA) is 90.2 Å². The molecule has 2 amide bonds. The number of amides is 2. The van der Waals surface area contributed by atoms with Crippen molar-refractivity contribution in [3.63, 3.8) is 0 Å². The predicted octanol–water partition coefficient (Wildman–Crippen LogP) is 3.95. The molecule has 0 N–H and O–H groups in total. The minimum atomic E-state index is -0.0931. The average Bonchev–Trinajstić information content (AvgIpc) is 2.75. The molecule has 0 bridgehead atoms. The minimum absolute atomic E-state index is 0.0454. The average molecular weight is 432 g/mol. The van der Waals surface area contributed by atoms with Gasteiger partial charge in [-0.15, -0.1) is 0 Å². The molecule has 2 heterocycles. The van der Waals surface area contributed by atoms with E-state index in [0.717, 1.165) is 23.5 Å². The fourth-order valence-electron chi connectivity index (χ4n) is 3.62. The summed E-state index contributed by atoms with van der Waals surface area (Å²) in [5, 5.41) is 9.14. The zero-order valence-electron chi connectivity index (χ0n) is 18.9. The largest absolute Gasteiger partial charge is 0.352 e. The molecule has 0 radical (unpaired) electrons. The quantitative estimate of drug-likeness (QED) is 0.617. The fourth-order valence-corrected chi connectivity index (χ4v) is 3.62. The van der Waals surface area contributed by atoms with Crippen molar-refractivity contribution in [2.24, 2.45) is 5.41 Å². The molecule has 0 saturated carbocycles. The number of nitrogens with zero attached hydrogens (tertiary/aromatic N) is 5. The monoisotopic (exact) mass is 431 g/mol. The summed E-state index contributed by atoms with van der Waals surface area (Å²) in [6.45, 7) is 8.23. The Morgan fingerprint density at radius 1 is 1.12 bits per heavy atom. The lowest BCUT2D eigenvalue weighted by molar-refractivity contribution is -0.147. The molecule has 1 aliphatic heterocycles. The summed E-state index contributed by atoms with van der Waals surface area (Å²) < 4.78 is 0. The van der Waals surface area contributed by atoms with Crippen LogP contribution in [0.5, 0.6) is 0 Å². The molecule has 7 heteroatoms. The van der Waals surface area contributed by atoms with E-state index in [0.29, 0.717) is 32.4 Å². The van der Waals surface area contributed by atoms with E-state index >= 15 is 0 Å². The van der Waals surface area contributed by atoms with Gasteiger partial charge in [-0.1, -0.05) is 57.2 Å². The number of aromatic nitrogens is 2.